The lowest BCUT2D eigenvalue weighted by atomic mass is 9.47. The van der Waals surface area contributed by atoms with Gasteiger partial charge in [0.2, 0.25) is 0 Å². The van der Waals surface area contributed by atoms with Gasteiger partial charge >= 0.3 is 0 Å². The number of aliphatic hydroxyl groups is 3. The first kappa shape index (κ1) is 15.8. The van der Waals surface area contributed by atoms with Crippen LogP contribution >= 0.6 is 0 Å². The Bertz CT molecular complexity index is 556. The smallest absolute Gasteiger partial charge is 0.155 e. The molecular weight excluding hydrogens is 292 g/mol. The van der Waals surface area contributed by atoms with Gasteiger partial charge in [-0.2, -0.15) is 0 Å². The highest BCUT2D eigenvalue weighted by Gasteiger charge is 2.61. The SMILES string of the molecule is C[C@]12CC[C@H]3[C@@H](CCC4=CC(=O)CC[C@@]43CO)[C@@H]1C[C@@H](O)[C@@H]2O. The van der Waals surface area contributed by atoms with E-state index in [2.05, 4.69) is 6.92 Å². The van der Waals surface area contributed by atoms with E-state index in [1.54, 1.807) is 0 Å². The third kappa shape index (κ3) is 1.98. The first-order valence-corrected chi connectivity index (χ1v) is 9.13. The van der Waals surface area contributed by atoms with Gasteiger partial charge in [-0.1, -0.05) is 12.5 Å². The molecule has 7 atom stereocenters. The van der Waals surface area contributed by atoms with E-state index in [4.69, 9.17) is 0 Å². The Morgan fingerprint density at radius 2 is 1.96 bits per heavy atom. The third-order valence-electron chi connectivity index (χ3n) is 7.94. The van der Waals surface area contributed by atoms with E-state index in [9.17, 15) is 20.1 Å². The highest BCUT2D eigenvalue weighted by Crippen LogP contribution is 2.65. The van der Waals surface area contributed by atoms with Crippen LogP contribution in [0.25, 0.3) is 0 Å². The van der Waals surface area contributed by atoms with Crippen LogP contribution < -0.4 is 0 Å². The molecule has 0 spiro atoms. The number of rotatable bonds is 1. The van der Waals surface area contributed by atoms with Crippen LogP contribution in [0.15, 0.2) is 11.6 Å². The van der Waals surface area contributed by atoms with Crippen molar-refractivity contribution < 1.29 is 20.1 Å². The molecule has 4 aliphatic carbocycles. The van der Waals surface area contributed by atoms with Crippen LogP contribution in [0.3, 0.4) is 0 Å². The molecule has 0 saturated heterocycles. The van der Waals surface area contributed by atoms with E-state index in [0.29, 0.717) is 30.6 Å². The molecule has 0 radical (unpaired) electrons. The van der Waals surface area contributed by atoms with E-state index >= 15 is 0 Å². The van der Waals surface area contributed by atoms with Crippen LogP contribution in [0.1, 0.15) is 51.9 Å². The summed E-state index contributed by atoms with van der Waals surface area (Å²) in [5.74, 6) is 1.36. The molecule has 4 heteroatoms. The average Bonchev–Trinajstić information content (AvgIpc) is 2.78. The summed E-state index contributed by atoms with van der Waals surface area (Å²) in [6.07, 6.45) is 6.34. The lowest BCUT2D eigenvalue weighted by Crippen LogP contribution is -2.53. The van der Waals surface area contributed by atoms with Gasteiger partial charge in [0.1, 0.15) is 0 Å². The lowest BCUT2D eigenvalue weighted by molar-refractivity contribution is -0.120. The van der Waals surface area contributed by atoms with Gasteiger partial charge in [0.15, 0.2) is 5.78 Å². The fourth-order valence-corrected chi connectivity index (χ4v) is 6.65. The van der Waals surface area contributed by atoms with Crippen molar-refractivity contribution in [3.8, 4) is 0 Å². The van der Waals surface area contributed by atoms with Crippen molar-refractivity contribution >= 4 is 5.78 Å². The zero-order valence-corrected chi connectivity index (χ0v) is 13.9. The minimum Gasteiger partial charge on any atom is -0.395 e. The number of carbonyl (C=O) groups excluding carboxylic acids is 1. The Hall–Kier alpha value is -0.710. The standard InChI is InChI=1S/C19H28O4/c1-18-6-5-14-13(15(18)9-16(22)17(18)23)3-2-11-8-12(21)4-7-19(11,14)10-20/h8,13-17,20,22-23H,2-7,9-10H2,1H3/t13-,14+,15+,16-,17+,18+,19-/m1/s1. The second kappa shape index (κ2) is 5.14. The molecule has 0 aromatic carbocycles. The van der Waals surface area contributed by atoms with Gasteiger partial charge in [0.25, 0.3) is 0 Å². The summed E-state index contributed by atoms with van der Waals surface area (Å²) in [6.45, 7) is 2.26. The zero-order chi connectivity index (χ0) is 16.4. The summed E-state index contributed by atoms with van der Waals surface area (Å²) < 4.78 is 0. The Labute approximate surface area is 137 Å². The zero-order valence-electron chi connectivity index (χ0n) is 13.9. The quantitative estimate of drug-likeness (QED) is 0.689. The summed E-state index contributed by atoms with van der Waals surface area (Å²) >= 11 is 0. The highest BCUT2D eigenvalue weighted by molar-refractivity contribution is 5.91. The first-order chi connectivity index (χ1) is 10.9. The van der Waals surface area contributed by atoms with Crippen molar-refractivity contribution in [2.75, 3.05) is 6.61 Å². The van der Waals surface area contributed by atoms with Gasteiger partial charge in [0, 0.05) is 11.8 Å². The van der Waals surface area contributed by atoms with Crippen molar-refractivity contribution in [1.29, 1.82) is 0 Å². The van der Waals surface area contributed by atoms with E-state index < -0.39 is 12.2 Å². The summed E-state index contributed by atoms with van der Waals surface area (Å²) in [5.41, 5.74) is 0.750. The van der Waals surface area contributed by atoms with Crippen LogP contribution in [0, 0.1) is 28.6 Å². The molecular formula is C19H28O4. The normalized spacial score (nSPS) is 52.4. The second-order valence-electron chi connectivity index (χ2n) is 8.66. The monoisotopic (exact) mass is 320 g/mol. The van der Waals surface area contributed by atoms with Crippen molar-refractivity contribution in [1.82, 2.24) is 0 Å². The molecule has 0 amide bonds. The minimum absolute atomic E-state index is 0.127. The molecule has 4 aliphatic rings. The molecule has 3 N–H and O–H groups in total. The molecule has 4 rings (SSSR count). The highest BCUT2D eigenvalue weighted by atomic mass is 16.3. The maximum atomic E-state index is 11.8. The third-order valence-corrected chi connectivity index (χ3v) is 7.94. The van der Waals surface area contributed by atoms with Crippen molar-refractivity contribution in [2.24, 2.45) is 28.6 Å². The van der Waals surface area contributed by atoms with Crippen LogP contribution in [0.2, 0.25) is 0 Å². The Balaban J connectivity index is 1.71. The van der Waals surface area contributed by atoms with E-state index in [-0.39, 0.29) is 23.2 Å². The molecule has 0 unspecified atom stereocenters. The Morgan fingerprint density at radius 1 is 1.17 bits per heavy atom. The number of fused-ring (bicyclic) bond motifs is 5. The Kier molecular flexibility index (Phi) is 3.53. The summed E-state index contributed by atoms with van der Waals surface area (Å²) in [6, 6.07) is 0. The van der Waals surface area contributed by atoms with Crippen LogP contribution in [0.4, 0.5) is 0 Å². The number of aliphatic hydroxyl groups excluding tert-OH is 3. The van der Waals surface area contributed by atoms with Gasteiger partial charge in [0.05, 0.1) is 18.8 Å². The van der Waals surface area contributed by atoms with Crippen LogP contribution in [-0.4, -0.2) is 39.9 Å². The van der Waals surface area contributed by atoms with Gasteiger partial charge < -0.3 is 15.3 Å². The predicted molar refractivity (Wildman–Crippen MR) is 85.5 cm³/mol. The fourth-order valence-electron chi connectivity index (χ4n) is 6.65. The maximum absolute atomic E-state index is 11.8. The first-order valence-electron chi connectivity index (χ1n) is 9.13. The molecule has 3 saturated carbocycles. The summed E-state index contributed by atoms with van der Waals surface area (Å²) in [7, 11) is 0. The molecule has 0 aliphatic heterocycles. The van der Waals surface area contributed by atoms with Crippen molar-refractivity contribution in [3.63, 3.8) is 0 Å². The molecule has 0 aromatic rings. The molecule has 23 heavy (non-hydrogen) atoms. The second-order valence-corrected chi connectivity index (χ2v) is 8.66. The predicted octanol–water partition coefficient (Wildman–Crippen LogP) is 1.82. The summed E-state index contributed by atoms with van der Waals surface area (Å²) in [4.78, 5) is 11.8. The van der Waals surface area contributed by atoms with Crippen LogP contribution in [-0.2, 0) is 4.79 Å². The fraction of sp³-hybridized carbons (Fsp3) is 0.842. The maximum Gasteiger partial charge on any atom is 0.155 e. The molecule has 0 aromatic heterocycles. The molecule has 4 nitrogen and oxygen atoms in total. The minimum atomic E-state index is -0.622. The lowest BCUT2D eigenvalue weighted by Gasteiger charge is -2.58. The van der Waals surface area contributed by atoms with Gasteiger partial charge in [-0.25, -0.2) is 0 Å². The van der Waals surface area contributed by atoms with Crippen molar-refractivity contribution in [2.45, 2.75) is 64.1 Å². The number of ketones is 1. The van der Waals surface area contributed by atoms with Gasteiger partial charge in [-0.3, -0.25) is 4.79 Å². The van der Waals surface area contributed by atoms with E-state index in [1.165, 1.54) is 5.57 Å². The van der Waals surface area contributed by atoms with Gasteiger partial charge in [-0.15, -0.1) is 0 Å². The molecule has 3 fully saturated rings. The number of hydrogen-bond donors (Lipinski definition) is 3. The Morgan fingerprint density at radius 3 is 2.70 bits per heavy atom. The van der Waals surface area contributed by atoms with Crippen LogP contribution in [0.5, 0.6) is 0 Å². The van der Waals surface area contributed by atoms with Crippen molar-refractivity contribution in [3.05, 3.63) is 11.6 Å². The molecule has 0 bridgehead atoms. The van der Waals surface area contributed by atoms with E-state index in [0.717, 1.165) is 32.1 Å². The number of carbonyl (C=O) groups is 1. The molecule has 0 heterocycles. The van der Waals surface area contributed by atoms with E-state index in [1.807, 2.05) is 6.08 Å². The largest absolute Gasteiger partial charge is 0.395 e. The molecule has 128 valence electrons. The average molecular weight is 320 g/mol. The topological polar surface area (TPSA) is 77.8 Å². The number of hydrogen-bond acceptors (Lipinski definition) is 4. The summed E-state index contributed by atoms with van der Waals surface area (Å²) in [5, 5.41) is 31.0. The van der Waals surface area contributed by atoms with Gasteiger partial charge in [-0.05, 0) is 67.8 Å².